The Labute approximate surface area is 203 Å². The van der Waals surface area contributed by atoms with E-state index in [0.29, 0.717) is 44.6 Å². The van der Waals surface area contributed by atoms with Gasteiger partial charge in [-0.15, -0.1) is 0 Å². The zero-order valence-corrected chi connectivity index (χ0v) is 20.0. The Balaban J connectivity index is 1.01. The Morgan fingerprint density at radius 2 is 1.62 bits per heavy atom. The van der Waals surface area contributed by atoms with Crippen LogP contribution in [-0.2, 0) is 9.53 Å². The average Bonchev–Trinajstić information content (AvgIpc) is 3.29. The first-order valence-corrected chi connectivity index (χ1v) is 12.6. The summed E-state index contributed by atoms with van der Waals surface area (Å²) in [6.07, 6.45) is 0. The third-order valence-electron chi connectivity index (χ3n) is 6.17. The maximum Gasteiger partial charge on any atom is 0.279 e. The minimum absolute atomic E-state index is 0.218. The predicted octanol–water partition coefficient (Wildman–Crippen LogP) is 2.94. The lowest BCUT2D eigenvalue weighted by atomic mass is 10.3. The fourth-order valence-electron chi connectivity index (χ4n) is 4.17. The van der Waals surface area contributed by atoms with Crippen LogP contribution in [0.4, 0.5) is 0 Å². The molecule has 180 valence electrons. The molecule has 0 saturated carbocycles. The van der Waals surface area contributed by atoms with Crippen molar-refractivity contribution < 1.29 is 19.0 Å². The number of benzene rings is 2. The van der Waals surface area contributed by atoms with E-state index in [1.54, 1.807) is 0 Å². The van der Waals surface area contributed by atoms with Crippen LogP contribution in [0, 0.1) is 0 Å². The van der Waals surface area contributed by atoms with Gasteiger partial charge in [0.1, 0.15) is 18.1 Å². The second-order valence-electron chi connectivity index (χ2n) is 8.48. The van der Waals surface area contributed by atoms with Crippen molar-refractivity contribution in [3.63, 3.8) is 0 Å². The van der Waals surface area contributed by atoms with Gasteiger partial charge in [-0.3, -0.25) is 14.6 Å². The van der Waals surface area contributed by atoms with Crippen molar-refractivity contribution in [2.24, 2.45) is 0 Å². The summed E-state index contributed by atoms with van der Waals surface area (Å²) in [4.78, 5) is 23.5. The smallest absolute Gasteiger partial charge is 0.279 e. The van der Waals surface area contributed by atoms with Crippen LogP contribution >= 0.6 is 11.3 Å². The van der Waals surface area contributed by atoms with E-state index >= 15 is 0 Å². The number of rotatable bonds is 8. The molecule has 2 saturated heterocycles. The van der Waals surface area contributed by atoms with E-state index in [0.717, 1.165) is 54.4 Å². The van der Waals surface area contributed by atoms with Gasteiger partial charge in [-0.2, -0.15) is 0 Å². The van der Waals surface area contributed by atoms with E-state index in [4.69, 9.17) is 14.2 Å². The molecular formula is C25H30N4O4S. The van der Waals surface area contributed by atoms with Gasteiger partial charge in [0, 0.05) is 45.8 Å². The predicted molar refractivity (Wildman–Crippen MR) is 132 cm³/mol. The van der Waals surface area contributed by atoms with Gasteiger partial charge in [0.05, 0.1) is 30.0 Å². The van der Waals surface area contributed by atoms with Gasteiger partial charge in [-0.1, -0.05) is 23.5 Å². The highest BCUT2D eigenvalue weighted by Gasteiger charge is 2.22. The Morgan fingerprint density at radius 1 is 0.912 bits per heavy atom. The van der Waals surface area contributed by atoms with E-state index in [-0.39, 0.29) is 5.91 Å². The molecule has 0 spiro atoms. The Bertz CT molecular complexity index is 1040. The number of morpholine rings is 1. The number of aromatic nitrogens is 1. The number of carbonyl (C=O) groups is 1. The summed E-state index contributed by atoms with van der Waals surface area (Å²) in [5.74, 6) is 1.79. The van der Waals surface area contributed by atoms with Crippen molar-refractivity contribution >= 4 is 27.5 Å². The number of carbonyl (C=O) groups excluding carboxylic acids is 1. The van der Waals surface area contributed by atoms with Gasteiger partial charge < -0.3 is 19.1 Å². The number of thiazole rings is 1. The number of piperazine rings is 1. The van der Waals surface area contributed by atoms with Crippen LogP contribution < -0.4 is 9.47 Å². The Kier molecular flexibility index (Phi) is 7.55. The van der Waals surface area contributed by atoms with Crippen molar-refractivity contribution in [1.29, 1.82) is 0 Å². The minimum atomic E-state index is 0.218. The van der Waals surface area contributed by atoms with Crippen molar-refractivity contribution in [2.45, 2.75) is 0 Å². The van der Waals surface area contributed by atoms with E-state index in [9.17, 15) is 4.79 Å². The first-order chi connectivity index (χ1) is 16.7. The number of fused-ring (bicyclic) bond motifs is 1. The van der Waals surface area contributed by atoms with Crippen LogP contribution in [0.2, 0.25) is 0 Å². The van der Waals surface area contributed by atoms with Gasteiger partial charge >= 0.3 is 0 Å². The highest BCUT2D eigenvalue weighted by Crippen LogP contribution is 2.31. The molecule has 8 nitrogen and oxygen atoms in total. The monoisotopic (exact) mass is 482 g/mol. The average molecular weight is 483 g/mol. The van der Waals surface area contributed by atoms with Crippen molar-refractivity contribution in [3.05, 3.63) is 48.5 Å². The third kappa shape index (κ3) is 6.04. The van der Waals surface area contributed by atoms with E-state index in [1.165, 1.54) is 11.3 Å². The summed E-state index contributed by atoms with van der Waals surface area (Å²) in [5, 5.41) is 0.639. The van der Waals surface area contributed by atoms with Crippen LogP contribution in [0.3, 0.4) is 0 Å². The fourth-order valence-corrected chi connectivity index (χ4v) is 5.00. The Morgan fingerprint density at radius 3 is 2.38 bits per heavy atom. The molecule has 0 aliphatic carbocycles. The topological polar surface area (TPSA) is 67.4 Å². The molecule has 2 fully saturated rings. The zero-order chi connectivity index (χ0) is 23.2. The molecule has 0 N–H and O–H groups in total. The summed E-state index contributed by atoms with van der Waals surface area (Å²) in [7, 11) is 0. The van der Waals surface area contributed by atoms with Gasteiger partial charge in [-0.05, 0) is 36.4 Å². The maximum atomic E-state index is 12.4. The third-order valence-corrected chi connectivity index (χ3v) is 7.08. The number of hydrogen-bond donors (Lipinski definition) is 0. The van der Waals surface area contributed by atoms with Crippen LogP contribution in [0.15, 0.2) is 48.5 Å². The first-order valence-electron chi connectivity index (χ1n) is 11.8. The molecule has 0 bridgehead atoms. The summed E-state index contributed by atoms with van der Waals surface area (Å²) < 4.78 is 18.3. The highest BCUT2D eigenvalue weighted by atomic mass is 32.1. The molecule has 0 unspecified atom stereocenters. The van der Waals surface area contributed by atoms with Crippen molar-refractivity contribution in [1.82, 2.24) is 19.7 Å². The molecule has 9 heteroatoms. The van der Waals surface area contributed by atoms with Crippen molar-refractivity contribution in [2.75, 3.05) is 72.2 Å². The van der Waals surface area contributed by atoms with Crippen LogP contribution in [-0.4, -0.2) is 97.8 Å². The molecule has 1 aromatic heterocycles. The van der Waals surface area contributed by atoms with E-state index in [2.05, 4.69) is 14.8 Å². The van der Waals surface area contributed by atoms with Crippen LogP contribution in [0.5, 0.6) is 16.7 Å². The zero-order valence-electron chi connectivity index (χ0n) is 19.2. The molecule has 2 aliphatic heterocycles. The molecule has 2 aliphatic rings. The van der Waals surface area contributed by atoms with Gasteiger partial charge in [-0.25, -0.2) is 4.98 Å². The molecule has 1 amide bonds. The second kappa shape index (κ2) is 11.1. The highest BCUT2D eigenvalue weighted by molar-refractivity contribution is 7.20. The summed E-state index contributed by atoms with van der Waals surface area (Å²) in [5.41, 5.74) is 0.951. The first kappa shape index (κ1) is 23.0. The molecule has 2 aromatic carbocycles. The Hall–Kier alpha value is -2.72. The van der Waals surface area contributed by atoms with Crippen LogP contribution in [0.25, 0.3) is 10.2 Å². The standard InChI is InChI=1S/C25H30N4O4S/c30-24(29-14-16-31-17-15-29)19-28-11-9-27(10-12-28)13-18-32-20-5-7-21(8-6-20)33-25-26-22-3-1-2-4-23(22)34-25/h1-8H,9-19H2. The largest absolute Gasteiger partial charge is 0.492 e. The number of para-hydroxylation sites is 1. The van der Waals surface area contributed by atoms with Crippen molar-refractivity contribution in [3.8, 4) is 16.7 Å². The maximum absolute atomic E-state index is 12.4. The van der Waals surface area contributed by atoms with Gasteiger partial charge in [0.15, 0.2) is 0 Å². The lowest BCUT2D eigenvalue weighted by molar-refractivity contribution is -0.136. The van der Waals surface area contributed by atoms with E-state index in [1.807, 2.05) is 53.4 Å². The molecular weight excluding hydrogens is 452 g/mol. The summed E-state index contributed by atoms with van der Waals surface area (Å²) in [6, 6.07) is 15.7. The SMILES string of the molecule is O=C(CN1CCN(CCOc2ccc(Oc3nc4ccccc4s3)cc2)CC1)N1CCOCC1. The normalized spacial score (nSPS) is 17.7. The molecule has 0 atom stereocenters. The van der Waals surface area contributed by atoms with Gasteiger partial charge in [0.25, 0.3) is 5.19 Å². The van der Waals surface area contributed by atoms with Crippen LogP contribution in [0.1, 0.15) is 0 Å². The summed E-state index contributed by atoms with van der Waals surface area (Å²) in [6.45, 7) is 8.47. The molecule has 3 aromatic rings. The molecule has 3 heterocycles. The minimum Gasteiger partial charge on any atom is -0.492 e. The van der Waals surface area contributed by atoms with Gasteiger partial charge in [0.2, 0.25) is 5.91 Å². The fraction of sp³-hybridized carbons (Fsp3) is 0.440. The molecule has 5 rings (SSSR count). The number of nitrogens with zero attached hydrogens (tertiary/aromatic N) is 4. The number of hydrogen-bond acceptors (Lipinski definition) is 8. The quantitative estimate of drug-likeness (QED) is 0.489. The number of amides is 1. The lowest BCUT2D eigenvalue weighted by Gasteiger charge is -2.35. The molecule has 0 radical (unpaired) electrons. The number of ether oxygens (including phenoxy) is 3. The van der Waals surface area contributed by atoms with E-state index < -0.39 is 0 Å². The molecule has 34 heavy (non-hydrogen) atoms. The second-order valence-corrected chi connectivity index (χ2v) is 9.47. The lowest BCUT2D eigenvalue weighted by Crippen LogP contribution is -2.52. The summed E-state index contributed by atoms with van der Waals surface area (Å²) >= 11 is 1.54.